The van der Waals surface area contributed by atoms with E-state index in [2.05, 4.69) is 5.32 Å². The predicted molar refractivity (Wildman–Crippen MR) is 87.2 cm³/mol. The molecule has 1 saturated carbocycles. The topological polar surface area (TPSA) is 55.4 Å². The van der Waals surface area contributed by atoms with Crippen molar-refractivity contribution < 1.29 is 14.3 Å². The summed E-state index contributed by atoms with van der Waals surface area (Å²) in [5, 5.41) is 3.42. The van der Waals surface area contributed by atoms with Crippen LogP contribution < -0.4 is 5.32 Å². The van der Waals surface area contributed by atoms with Gasteiger partial charge < -0.3 is 10.1 Å². The van der Waals surface area contributed by atoms with Crippen LogP contribution in [0.15, 0.2) is 18.2 Å². The summed E-state index contributed by atoms with van der Waals surface area (Å²) in [6.45, 7) is -0.301. The first-order valence-electron chi connectivity index (χ1n) is 7.45. The molecule has 22 heavy (non-hydrogen) atoms. The molecule has 0 spiro atoms. The van der Waals surface area contributed by atoms with E-state index >= 15 is 0 Å². The molecule has 0 aliphatic heterocycles. The predicted octanol–water partition coefficient (Wildman–Crippen LogP) is 4.45. The Hall–Kier alpha value is -1.26. The van der Waals surface area contributed by atoms with Gasteiger partial charge in [-0.15, -0.1) is 0 Å². The monoisotopic (exact) mass is 343 g/mol. The molecule has 1 N–H and O–H groups in total. The molecule has 120 valence electrons. The average molecular weight is 344 g/mol. The summed E-state index contributed by atoms with van der Waals surface area (Å²) in [7, 11) is 0. The molecule has 0 unspecified atom stereocenters. The summed E-state index contributed by atoms with van der Waals surface area (Å²) in [4.78, 5) is 23.5. The molecule has 1 aromatic rings. The molecule has 1 aliphatic carbocycles. The number of esters is 1. The first-order chi connectivity index (χ1) is 10.5. The largest absolute Gasteiger partial charge is 0.456 e. The van der Waals surface area contributed by atoms with Gasteiger partial charge in [-0.05, 0) is 37.0 Å². The van der Waals surface area contributed by atoms with Gasteiger partial charge in [-0.1, -0.05) is 42.5 Å². The molecule has 1 aromatic carbocycles. The molecular weight excluding hydrogens is 325 g/mol. The lowest BCUT2D eigenvalue weighted by Crippen LogP contribution is -2.22. The molecule has 4 nitrogen and oxygen atoms in total. The number of rotatable bonds is 5. The Morgan fingerprint density at radius 2 is 1.91 bits per heavy atom. The van der Waals surface area contributed by atoms with Crippen molar-refractivity contribution in [2.45, 2.75) is 38.5 Å². The third-order valence-corrected chi connectivity index (χ3v) is 4.30. The van der Waals surface area contributed by atoms with E-state index in [4.69, 9.17) is 27.9 Å². The smallest absolute Gasteiger partial charge is 0.306 e. The van der Waals surface area contributed by atoms with E-state index in [1.54, 1.807) is 12.1 Å². The van der Waals surface area contributed by atoms with E-state index in [1.807, 2.05) is 0 Å². The Labute approximate surface area is 140 Å². The molecule has 0 saturated heterocycles. The lowest BCUT2D eigenvalue weighted by atomic mass is 9.87. The number of hydrogen-bond acceptors (Lipinski definition) is 3. The molecule has 1 fully saturated rings. The van der Waals surface area contributed by atoms with Crippen molar-refractivity contribution in [3.63, 3.8) is 0 Å². The Bertz CT molecular complexity index is 542. The molecular formula is C16H19Cl2NO3. The summed E-state index contributed by atoms with van der Waals surface area (Å²) in [5.74, 6) is -0.333. The molecule has 0 heterocycles. The van der Waals surface area contributed by atoms with Crippen molar-refractivity contribution in [2.75, 3.05) is 11.9 Å². The maximum Gasteiger partial charge on any atom is 0.306 e. The van der Waals surface area contributed by atoms with E-state index in [1.165, 1.54) is 25.3 Å². The Morgan fingerprint density at radius 3 is 2.59 bits per heavy atom. The van der Waals surface area contributed by atoms with Crippen LogP contribution in [-0.4, -0.2) is 18.5 Å². The van der Waals surface area contributed by atoms with Crippen LogP contribution in [0.2, 0.25) is 10.0 Å². The van der Waals surface area contributed by atoms with Gasteiger partial charge >= 0.3 is 5.97 Å². The van der Waals surface area contributed by atoms with Crippen molar-refractivity contribution in [3.05, 3.63) is 28.2 Å². The number of hydrogen-bond donors (Lipinski definition) is 1. The third-order valence-electron chi connectivity index (χ3n) is 3.75. The molecule has 0 aromatic heterocycles. The summed E-state index contributed by atoms with van der Waals surface area (Å²) in [6, 6.07) is 4.76. The van der Waals surface area contributed by atoms with Crippen molar-refractivity contribution in [1.29, 1.82) is 0 Å². The summed E-state index contributed by atoms with van der Waals surface area (Å²) < 4.78 is 5.02. The van der Waals surface area contributed by atoms with Crippen molar-refractivity contribution in [3.8, 4) is 0 Å². The van der Waals surface area contributed by atoms with Crippen LogP contribution in [0.25, 0.3) is 0 Å². The zero-order valence-electron chi connectivity index (χ0n) is 12.2. The number of amides is 1. The van der Waals surface area contributed by atoms with Gasteiger partial charge in [0.05, 0.1) is 10.7 Å². The third kappa shape index (κ3) is 5.50. The first-order valence-corrected chi connectivity index (χ1v) is 8.20. The van der Waals surface area contributed by atoms with Crippen LogP contribution in [0, 0.1) is 5.92 Å². The second kappa shape index (κ2) is 8.39. The molecule has 0 radical (unpaired) electrons. The highest BCUT2D eigenvalue weighted by Crippen LogP contribution is 2.27. The molecule has 6 heteroatoms. The van der Waals surface area contributed by atoms with Crippen molar-refractivity contribution in [2.24, 2.45) is 5.92 Å². The molecule has 0 bridgehead atoms. The van der Waals surface area contributed by atoms with E-state index in [0.29, 0.717) is 28.1 Å². The normalized spacial score (nSPS) is 15.4. The number of carbonyl (C=O) groups is 2. The van der Waals surface area contributed by atoms with Crippen LogP contribution >= 0.6 is 23.2 Å². The van der Waals surface area contributed by atoms with E-state index in [-0.39, 0.29) is 12.6 Å². The van der Waals surface area contributed by atoms with Gasteiger partial charge in [0.15, 0.2) is 6.61 Å². The van der Waals surface area contributed by atoms with Crippen LogP contribution in [0.4, 0.5) is 5.69 Å². The van der Waals surface area contributed by atoms with Gasteiger partial charge in [0.25, 0.3) is 5.91 Å². The molecule has 1 aliphatic rings. The summed E-state index contributed by atoms with van der Waals surface area (Å²) in [5.41, 5.74) is 0.444. The first kappa shape index (κ1) is 17.1. The highest BCUT2D eigenvalue weighted by molar-refractivity contribution is 6.36. The summed E-state index contributed by atoms with van der Waals surface area (Å²) in [6.07, 6.45) is 6.13. The fraction of sp³-hybridized carbons (Fsp3) is 0.500. The fourth-order valence-electron chi connectivity index (χ4n) is 2.61. The number of carbonyl (C=O) groups excluding carboxylic acids is 2. The SMILES string of the molecule is O=C(COC(=O)CC1CCCCC1)Nc1ccc(Cl)cc1Cl. The van der Waals surface area contributed by atoms with Crippen LogP contribution in [0.5, 0.6) is 0 Å². The summed E-state index contributed by atoms with van der Waals surface area (Å²) >= 11 is 11.7. The van der Waals surface area contributed by atoms with Gasteiger partial charge in [-0.25, -0.2) is 0 Å². The van der Waals surface area contributed by atoms with Gasteiger partial charge in [0.2, 0.25) is 0 Å². The highest BCUT2D eigenvalue weighted by atomic mass is 35.5. The zero-order valence-corrected chi connectivity index (χ0v) is 13.8. The number of halogens is 2. The van der Waals surface area contributed by atoms with Crippen LogP contribution in [0.1, 0.15) is 38.5 Å². The highest BCUT2D eigenvalue weighted by Gasteiger charge is 2.18. The standard InChI is InChI=1S/C16H19Cl2NO3/c17-12-6-7-14(13(18)9-12)19-15(20)10-22-16(21)8-11-4-2-1-3-5-11/h6-7,9,11H,1-5,8,10H2,(H,19,20). The van der Waals surface area contributed by atoms with Crippen LogP contribution in [0.3, 0.4) is 0 Å². The molecule has 2 rings (SSSR count). The second-order valence-corrected chi connectivity index (χ2v) is 6.38. The number of benzene rings is 1. The average Bonchev–Trinajstić information content (AvgIpc) is 2.49. The molecule has 0 atom stereocenters. The van der Waals surface area contributed by atoms with Gasteiger partial charge in [0.1, 0.15) is 0 Å². The van der Waals surface area contributed by atoms with Gasteiger partial charge in [-0.3, -0.25) is 9.59 Å². The van der Waals surface area contributed by atoms with E-state index in [0.717, 1.165) is 12.8 Å². The number of nitrogens with one attached hydrogen (secondary N) is 1. The van der Waals surface area contributed by atoms with Crippen molar-refractivity contribution >= 4 is 40.8 Å². The zero-order chi connectivity index (χ0) is 15.9. The van der Waals surface area contributed by atoms with Gasteiger partial charge in [0, 0.05) is 11.4 Å². The minimum atomic E-state index is -0.416. The maximum atomic E-state index is 11.8. The van der Waals surface area contributed by atoms with E-state index < -0.39 is 5.91 Å². The maximum absolute atomic E-state index is 11.8. The van der Waals surface area contributed by atoms with Gasteiger partial charge in [-0.2, -0.15) is 0 Å². The minimum Gasteiger partial charge on any atom is -0.456 e. The quantitative estimate of drug-likeness (QED) is 0.803. The lowest BCUT2D eigenvalue weighted by molar-refractivity contribution is -0.148. The lowest BCUT2D eigenvalue weighted by Gasteiger charge is -2.20. The molecule has 1 amide bonds. The number of anilines is 1. The Morgan fingerprint density at radius 1 is 1.18 bits per heavy atom. The Kier molecular flexibility index (Phi) is 6.52. The van der Waals surface area contributed by atoms with Crippen molar-refractivity contribution in [1.82, 2.24) is 0 Å². The minimum absolute atomic E-state index is 0.301. The Balaban J connectivity index is 1.73. The van der Waals surface area contributed by atoms with Crippen LogP contribution in [-0.2, 0) is 14.3 Å². The number of ether oxygens (including phenoxy) is 1. The fourth-order valence-corrected chi connectivity index (χ4v) is 3.06. The van der Waals surface area contributed by atoms with E-state index in [9.17, 15) is 9.59 Å². The second-order valence-electron chi connectivity index (χ2n) is 5.54.